The SMILES string of the molecule is COc1ccc(CN(C)CC2CNC2)c(Cl)c1. The second-order valence-corrected chi connectivity index (χ2v) is 5.09. The third kappa shape index (κ3) is 3.35. The fraction of sp³-hybridized carbons (Fsp3) is 0.538. The molecular weight excluding hydrogens is 236 g/mol. The summed E-state index contributed by atoms with van der Waals surface area (Å²) in [5, 5.41) is 4.07. The Balaban J connectivity index is 1.92. The van der Waals surface area contributed by atoms with Crippen LogP contribution in [0.4, 0.5) is 0 Å². The second-order valence-electron chi connectivity index (χ2n) is 4.68. The lowest BCUT2D eigenvalue weighted by Gasteiger charge is -2.31. The van der Waals surface area contributed by atoms with Crippen LogP contribution < -0.4 is 10.1 Å². The Morgan fingerprint density at radius 2 is 2.24 bits per heavy atom. The van der Waals surface area contributed by atoms with Gasteiger partial charge in [-0.3, -0.25) is 0 Å². The second kappa shape index (κ2) is 5.71. The smallest absolute Gasteiger partial charge is 0.120 e. The van der Waals surface area contributed by atoms with E-state index in [1.807, 2.05) is 18.2 Å². The van der Waals surface area contributed by atoms with Crippen LogP contribution in [0.25, 0.3) is 0 Å². The van der Waals surface area contributed by atoms with Crippen molar-refractivity contribution in [3.8, 4) is 5.75 Å². The number of hydrogen-bond acceptors (Lipinski definition) is 3. The summed E-state index contributed by atoms with van der Waals surface area (Å²) in [6.45, 7) is 4.29. The van der Waals surface area contributed by atoms with Crippen molar-refractivity contribution in [2.45, 2.75) is 6.54 Å². The molecule has 3 nitrogen and oxygen atoms in total. The molecule has 0 aliphatic carbocycles. The zero-order valence-corrected chi connectivity index (χ0v) is 11.1. The molecule has 17 heavy (non-hydrogen) atoms. The molecule has 0 unspecified atom stereocenters. The average Bonchev–Trinajstić information content (AvgIpc) is 2.26. The minimum atomic E-state index is 0.780. The van der Waals surface area contributed by atoms with Crippen LogP contribution in [0.2, 0.25) is 5.02 Å². The molecule has 0 atom stereocenters. The van der Waals surface area contributed by atoms with Gasteiger partial charge < -0.3 is 15.0 Å². The van der Waals surface area contributed by atoms with Crippen molar-refractivity contribution in [1.29, 1.82) is 0 Å². The van der Waals surface area contributed by atoms with E-state index in [4.69, 9.17) is 16.3 Å². The molecule has 0 radical (unpaired) electrons. The minimum Gasteiger partial charge on any atom is -0.497 e. The molecule has 1 aliphatic heterocycles. The van der Waals surface area contributed by atoms with E-state index < -0.39 is 0 Å². The van der Waals surface area contributed by atoms with E-state index in [0.29, 0.717) is 0 Å². The number of hydrogen-bond donors (Lipinski definition) is 1. The van der Waals surface area contributed by atoms with E-state index in [0.717, 1.165) is 48.4 Å². The van der Waals surface area contributed by atoms with Crippen molar-refractivity contribution in [1.82, 2.24) is 10.2 Å². The summed E-state index contributed by atoms with van der Waals surface area (Å²) in [7, 11) is 3.79. The summed E-state index contributed by atoms with van der Waals surface area (Å²) in [6, 6.07) is 5.87. The standard InChI is InChI=1S/C13H19ClN2O/c1-16(8-10-6-15-7-10)9-11-3-4-12(17-2)5-13(11)14/h3-5,10,15H,6-9H2,1-2H3. The molecule has 1 aliphatic rings. The first kappa shape index (κ1) is 12.7. The van der Waals surface area contributed by atoms with Gasteiger partial charge in [0.2, 0.25) is 0 Å². The molecule has 0 aromatic heterocycles. The number of methoxy groups -OCH3 is 1. The Hall–Kier alpha value is -0.770. The van der Waals surface area contributed by atoms with Gasteiger partial charge in [-0.25, -0.2) is 0 Å². The first-order valence-corrected chi connectivity index (χ1v) is 6.28. The number of nitrogens with zero attached hydrogens (tertiary/aromatic N) is 1. The minimum absolute atomic E-state index is 0.780. The normalized spacial score (nSPS) is 16.0. The number of nitrogens with one attached hydrogen (secondary N) is 1. The average molecular weight is 255 g/mol. The van der Waals surface area contributed by atoms with Crippen LogP contribution in [0.5, 0.6) is 5.75 Å². The maximum atomic E-state index is 6.22. The highest BCUT2D eigenvalue weighted by atomic mass is 35.5. The number of rotatable bonds is 5. The summed E-state index contributed by atoms with van der Waals surface area (Å²) in [6.07, 6.45) is 0. The summed E-state index contributed by atoms with van der Waals surface area (Å²) in [4.78, 5) is 2.32. The van der Waals surface area contributed by atoms with Gasteiger partial charge in [0, 0.05) is 31.2 Å². The van der Waals surface area contributed by atoms with Crippen LogP contribution in [0.15, 0.2) is 18.2 Å². The van der Waals surface area contributed by atoms with Crippen molar-refractivity contribution < 1.29 is 4.74 Å². The van der Waals surface area contributed by atoms with Crippen LogP contribution in [0, 0.1) is 5.92 Å². The predicted molar refractivity (Wildman–Crippen MR) is 70.7 cm³/mol. The molecule has 0 amide bonds. The molecule has 4 heteroatoms. The molecule has 1 saturated heterocycles. The Morgan fingerprint density at radius 3 is 2.76 bits per heavy atom. The van der Waals surface area contributed by atoms with Gasteiger partial charge in [-0.1, -0.05) is 17.7 Å². The lowest BCUT2D eigenvalue weighted by Crippen LogP contribution is -2.47. The Bertz CT molecular complexity index is 380. The van der Waals surface area contributed by atoms with Gasteiger partial charge >= 0.3 is 0 Å². The van der Waals surface area contributed by atoms with Gasteiger partial charge in [0.05, 0.1) is 7.11 Å². The first-order valence-electron chi connectivity index (χ1n) is 5.90. The predicted octanol–water partition coefficient (Wildman–Crippen LogP) is 2.00. The van der Waals surface area contributed by atoms with Crippen molar-refractivity contribution >= 4 is 11.6 Å². The fourth-order valence-electron chi connectivity index (χ4n) is 2.06. The molecule has 2 rings (SSSR count). The van der Waals surface area contributed by atoms with E-state index in [2.05, 4.69) is 17.3 Å². The summed E-state index contributed by atoms with van der Waals surface area (Å²) >= 11 is 6.22. The molecular formula is C13H19ClN2O. The Labute approximate surface area is 108 Å². The molecule has 94 valence electrons. The molecule has 1 fully saturated rings. The highest BCUT2D eigenvalue weighted by Gasteiger charge is 2.18. The van der Waals surface area contributed by atoms with Gasteiger partial charge in [-0.2, -0.15) is 0 Å². The Morgan fingerprint density at radius 1 is 1.47 bits per heavy atom. The van der Waals surface area contributed by atoms with Crippen LogP contribution >= 0.6 is 11.6 Å². The van der Waals surface area contributed by atoms with Crippen LogP contribution in [-0.2, 0) is 6.54 Å². The van der Waals surface area contributed by atoms with E-state index in [1.54, 1.807) is 7.11 Å². The first-order chi connectivity index (χ1) is 8.19. The number of halogens is 1. The molecule has 1 aromatic rings. The summed E-state index contributed by atoms with van der Waals surface area (Å²) in [5.74, 6) is 1.60. The highest BCUT2D eigenvalue weighted by Crippen LogP contribution is 2.23. The van der Waals surface area contributed by atoms with Gasteiger partial charge in [0.1, 0.15) is 5.75 Å². The van der Waals surface area contributed by atoms with E-state index in [1.165, 1.54) is 0 Å². The molecule has 1 aromatic carbocycles. The van der Waals surface area contributed by atoms with Crippen molar-refractivity contribution in [2.24, 2.45) is 5.92 Å². The van der Waals surface area contributed by atoms with E-state index >= 15 is 0 Å². The summed E-state index contributed by atoms with van der Waals surface area (Å²) in [5.41, 5.74) is 1.15. The molecule has 0 bridgehead atoms. The highest BCUT2D eigenvalue weighted by molar-refractivity contribution is 6.31. The van der Waals surface area contributed by atoms with Crippen LogP contribution in [0.1, 0.15) is 5.56 Å². The topological polar surface area (TPSA) is 24.5 Å². The van der Waals surface area contributed by atoms with Crippen molar-refractivity contribution in [2.75, 3.05) is 33.8 Å². The largest absolute Gasteiger partial charge is 0.497 e. The molecule has 1 N–H and O–H groups in total. The summed E-state index contributed by atoms with van der Waals surface area (Å²) < 4.78 is 5.14. The maximum Gasteiger partial charge on any atom is 0.120 e. The van der Waals surface area contributed by atoms with Gasteiger partial charge in [-0.15, -0.1) is 0 Å². The lowest BCUT2D eigenvalue weighted by molar-refractivity contribution is 0.218. The molecule has 1 heterocycles. The van der Waals surface area contributed by atoms with Gasteiger partial charge in [0.15, 0.2) is 0 Å². The Kier molecular flexibility index (Phi) is 4.26. The number of ether oxygens (including phenoxy) is 1. The third-order valence-electron chi connectivity index (χ3n) is 3.14. The maximum absolute atomic E-state index is 6.22. The van der Waals surface area contributed by atoms with Crippen LogP contribution in [-0.4, -0.2) is 38.7 Å². The van der Waals surface area contributed by atoms with Gasteiger partial charge in [0.25, 0.3) is 0 Å². The fourth-order valence-corrected chi connectivity index (χ4v) is 2.29. The monoisotopic (exact) mass is 254 g/mol. The molecule has 0 spiro atoms. The van der Waals surface area contributed by atoms with E-state index in [-0.39, 0.29) is 0 Å². The van der Waals surface area contributed by atoms with Gasteiger partial charge in [-0.05, 0) is 30.7 Å². The van der Waals surface area contributed by atoms with Crippen LogP contribution in [0.3, 0.4) is 0 Å². The third-order valence-corrected chi connectivity index (χ3v) is 3.49. The van der Waals surface area contributed by atoms with E-state index in [9.17, 15) is 0 Å². The quantitative estimate of drug-likeness (QED) is 0.870. The van der Waals surface area contributed by atoms with Crippen molar-refractivity contribution in [3.63, 3.8) is 0 Å². The van der Waals surface area contributed by atoms with Crippen molar-refractivity contribution in [3.05, 3.63) is 28.8 Å². The molecule has 0 saturated carbocycles. The lowest BCUT2D eigenvalue weighted by atomic mass is 10.0. The zero-order chi connectivity index (χ0) is 12.3. The zero-order valence-electron chi connectivity index (χ0n) is 10.4. The number of benzene rings is 1.